The van der Waals surface area contributed by atoms with Crippen molar-refractivity contribution in [2.24, 2.45) is 40.9 Å². The highest BCUT2D eigenvalue weighted by molar-refractivity contribution is 6.05. The van der Waals surface area contributed by atoms with Crippen LogP contribution in [-0.2, 0) is 42.9 Å². The van der Waals surface area contributed by atoms with Gasteiger partial charge in [0.05, 0.1) is 26.1 Å². The van der Waals surface area contributed by atoms with Gasteiger partial charge >= 0.3 is 29.8 Å². The van der Waals surface area contributed by atoms with Crippen LogP contribution in [0.5, 0.6) is 0 Å². The van der Waals surface area contributed by atoms with E-state index in [4.69, 9.17) is 18.9 Å². The Morgan fingerprint density at radius 3 is 2.32 bits per heavy atom. The molecule has 0 radical (unpaired) electrons. The molecule has 182 valence electrons. The molecule has 1 saturated heterocycles. The summed E-state index contributed by atoms with van der Waals surface area (Å²) in [5.74, 6) is -7.22. The molecule has 9 heteroatoms. The van der Waals surface area contributed by atoms with E-state index in [1.807, 2.05) is 6.08 Å². The standard InChI is InChI=1S/C25H28O9/c1-11(26)33-12-8-9-15-16(10-12)25(23(29)31-2,24(30)32-3)20-17(15)13-6-4-5-7-14(13)18-19(20)22(28)34-21(18)27/h8-9,12,14-16,18-20H,4-7,10H2,1-3H3/t12-,14+,15-,16+,18+,19+,20-/m0/s1. The highest BCUT2D eigenvalue weighted by Gasteiger charge is 2.75. The van der Waals surface area contributed by atoms with E-state index in [9.17, 15) is 24.0 Å². The Balaban J connectivity index is 1.78. The largest absolute Gasteiger partial charge is 0.468 e. The maximum atomic E-state index is 13.6. The van der Waals surface area contributed by atoms with Crippen LogP contribution in [0.4, 0.5) is 0 Å². The van der Waals surface area contributed by atoms with Crippen LogP contribution >= 0.6 is 0 Å². The summed E-state index contributed by atoms with van der Waals surface area (Å²) in [6.07, 6.45) is 6.51. The summed E-state index contributed by atoms with van der Waals surface area (Å²) in [4.78, 5) is 64.8. The maximum absolute atomic E-state index is 13.6. The quantitative estimate of drug-likeness (QED) is 0.262. The van der Waals surface area contributed by atoms with Gasteiger partial charge in [-0.3, -0.25) is 24.0 Å². The smallest absolute Gasteiger partial charge is 0.324 e. The number of hydrogen-bond donors (Lipinski definition) is 0. The number of fused-ring (bicyclic) bond motifs is 7. The molecule has 0 unspecified atom stereocenters. The van der Waals surface area contributed by atoms with Crippen LogP contribution in [0, 0.1) is 40.9 Å². The van der Waals surface area contributed by atoms with Crippen LogP contribution in [0.2, 0.25) is 0 Å². The van der Waals surface area contributed by atoms with Gasteiger partial charge in [0, 0.05) is 24.7 Å². The average molecular weight is 472 g/mol. The minimum Gasteiger partial charge on any atom is -0.468 e. The molecule has 0 spiro atoms. The van der Waals surface area contributed by atoms with Crippen molar-refractivity contribution in [1.82, 2.24) is 0 Å². The minimum atomic E-state index is -1.87. The average Bonchev–Trinajstić information content (AvgIpc) is 3.29. The van der Waals surface area contributed by atoms with Crippen molar-refractivity contribution in [2.75, 3.05) is 14.2 Å². The predicted molar refractivity (Wildman–Crippen MR) is 113 cm³/mol. The maximum Gasteiger partial charge on any atom is 0.324 e. The zero-order chi connectivity index (χ0) is 24.4. The summed E-state index contributed by atoms with van der Waals surface area (Å²) in [6.45, 7) is 1.30. The van der Waals surface area contributed by atoms with Gasteiger partial charge in [0.1, 0.15) is 6.10 Å². The number of methoxy groups -OCH3 is 2. The highest BCUT2D eigenvalue weighted by Crippen LogP contribution is 2.68. The fraction of sp³-hybridized carbons (Fsp3) is 0.640. The van der Waals surface area contributed by atoms with Gasteiger partial charge in [-0.2, -0.15) is 0 Å². The number of hydrogen-bond acceptors (Lipinski definition) is 9. The molecule has 4 aliphatic carbocycles. The third-order valence-corrected chi connectivity index (χ3v) is 8.54. The van der Waals surface area contributed by atoms with Gasteiger partial charge in [-0.05, 0) is 37.7 Å². The van der Waals surface area contributed by atoms with Gasteiger partial charge in [0.15, 0.2) is 5.41 Å². The second-order valence-corrected chi connectivity index (χ2v) is 9.86. The molecule has 1 aliphatic heterocycles. The first kappa shape index (κ1) is 22.8. The molecular weight excluding hydrogens is 444 g/mol. The van der Waals surface area contributed by atoms with Crippen LogP contribution in [0.3, 0.4) is 0 Å². The molecule has 9 nitrogen and oxygen atoms in total. The van der Waals surface area contributed by atoms with Gasteiger partial charge in [0.2, 0.25) is 0 Å². The lowest BCUT2D eigenvalue weighted by atomic mass is 9.56. The lowest BCUT2D eigenvalue weighted by molar-refractivity contribution is -0.180. The normalized spacial score (nSPS) is 37.1. The van der Waals surface area contributed by atoms with Gasteiger partial charge < -0.3 is 18.9 Å². The van der Waals surface area contributed by atoms with Gasteiger partial charge in [-0.15, -0.1) is 0 Å². The van der Waals surface area contributed by atoms with Gasteiger partial charge in [-0.1, -0.05) is 23.6 Å². The fourth-order valence-corrected chi connectivity index (χ4v) is 7.58. The number of rotatable bonds is 3. The Morgan fingerprint density at radius 1 is 1.00 bits per heavy atom. The zero-order valence-corrected chi connectivity index (χ0v) is 19.4. The van der Waals surface area contributed by atoms with E-state index >= 15 is 0 Å². The second-order valence-electron chi connectivity index (χ2n) is 9.86. The molecule has 0 aromatic rings. The van der Waals surface area contributed by atoms with Crippen molar-refractivity contribution < 1.29 is 42.9 Å². The fourth-order valence-electron chi connectivity index (χ4n) is 7.58. The first-order valence-corrected chi connectivity index (χ1v) is 11.8. The van der Waals surface area contributed by atoms with E-state index in [2.05, 4.69) is 0 Å². The molecule has 3 fully saturated rings. The van der Waals surface area contributed by atoms with Crippen molar-refractivity contribution in [1.29, 1.82) is 0 Å². The molecule has 5 aliphatic rings. The molecule has 0 bridgehead atoms. The molecule has 1 heterocycles. The van der Waals surface area contributed by atoms with E-state index in [0.717, 1.165) is 36.8 Å². The molecule has 5 rings (SSSR count). The minimum absolute atomic E-state index is 0.157. The first-order chi connectivity index (χ1) is 16.3. The van der Waals surface area contributed by atoms with Crippen molar-refractivity contribution >= 4 is 29.8 Å². The van der Waals surface area contributed by atoms with Crippen LogP contribution in [0.1, 0.15) is 39.0 Å². The van der Waals surface area contributed by atoms with Crippen LogP contribution in [0.25, 0.3) is 0 Å². The van der Waals surface area contributed by atoms with Crippen molar-refractivity contribution in [3.05, 3.63) is 23.3 Å². The number of ether oxygens (including phenoxy) is 4. The molecule has 2 saturated carbocycles. The third-order valence-electron chi connectivity index (χ3n) is 8.54. The number of esters is 5. The van der Waals surface area contributed by atoms with E-state index in [1.165, 1.54) is 21.1 Å². The molecule has 0 aromatic heterocycles. The summed E-state index contributed by atoms with van der Waals surface area (Å²) in [7, 11) is 2.38. The summed E-state index contributed by atoms with van der Waals surface area (Å²) >= 11 is 0. The van der Waals surface area contributed by atoms with Crippen LogP contribution in [0.15, 0.2) is 23.3 Å². The van der Waals surface area contributed by atoms with Crippen molar-refractivity contribution in [3.63, 3.8) is 0 Å². The van der Waals surface area contributed by atoms with E-state index in [-0.39, 0.29) is 18.3 Å². The lowest BCUT2D eigenvalue weighted by Gasteiger charge is -2.44. The third kappa shape index (κ3) is 2.88. The Kier molecular flexibility index (Phi) is 5.41. The number of carbonyl (C=O) groups excluding carboxylic acids is 5. The topological polar surface area (TPSA) is 122 Å². The van der Waals surface area contributed by atoms with Crippen molar-refractivity contribution in [2.45, 2.75) is 45.1 Å². The van der Waals surface area contributed by atoms with Crippen LogP contribution in [-0.4, -0.2) is 50.2 Å². The monoisotopic (exact) mass is 472 g/mol. The second kappa shape index (κ2) is 8.06. The summed E-state index contributed by atoms with van der Waals surface area (Å²) in [5.41, 5.74) is 0.0367. The Morgan fingerprint density at radius 2 is 1.68 bits per heavy atom. The SMILES string of the molecule is COC(=O)C1(C(=O)OC)[C@@H]2C[C@@H](OC(C)=O)C=C[C@@H]2C2=C3CCCC[C@H]3[C@H]3C(=O)OC(=O)[C@H]3[C@H]21. The zero-order valence-electron chi connectivity index (χ0n) is 19.4. The summed E-state index contributed by atoms with van der Waals surface area (Å²) in [5, 5.41) is 0. The van der Waals surface area contributed by atoms with E-state index in [1.54, 1.807) is 6.08 Å². The Bertz CT molecular complexity index is 1020. The highest BCUT2D eigenvalue weighted by atomic mass is 16.6. The van der Waals surface area contributed by atoms with Gasteiger partial charge in [-0.25, -0.2) is 0 Å². The molecule has 0 N–H and O–H groups in total. The summed E-state index contributed by atoms with van der Waals surface area (Å²) < 4.78 is 20.9. The predicted octanol–water partition coefficient (Wildman–Crippen LogP) is 1.89. The molecule has 0 amide bonds. The molecule has 34 heavy (non-hydrogen) atoms. The molecular formula is C25H28O9. The summed E-state index contributed by atoms with van der Waals surface area (Å²) in [6, 6.07) is 0. The Hall–Kier alpha value is -2.97. The Labute approximate surface area is 196 Å². The molecule has 7 atom stereocenters. The van der Waals surface area contributed by atoms with Gasteiger partial charge in [0.25, 0.3) is 0 Å². The van der Waals surface area contributed by atoms with E-state index in [0.29, 0.717) is 0 Å². The number of cyclic esters (lactones) is 2. The van der Waals surface area contributed by atoms with E-state index < -0.39 is 65.0 Å². The number of carbonyl (C=O) groups is 5. The number of allylic oxidation sites excluding steroid dienone is 3. The molecule has 0 aromatic carbocycles. The van der Waals surface area contributed by atoms with Crippen LogP contribution < -0.4 is 0 Å². The first-order valence-electron chi connectivity index (χ1n) is 11.8. The lowest BCUT2D eigenvalue weighted by Crippen LogP contribution is -2.55. The van der Waals surface area contributed by atoms with Crippen molar-refractivity contribution in [3.8, 4) is 0 Å².